The third kappa shape index (κ3) is 3.91. The van der Waals surface area contributed by atoms with Gasteiger partial charge < -0.3 is 10.1 Å². The molecule has 1 aliphatic heterocycles. The van der Waals surface area contributed by atoms with E-state index in [2.05, 4.69) is 15.3 Å². The van der Waals surface area contributed by atoms with Crippen molar-refractivity contribution in [3.8, 4) is 17.0 Å². The first-order valence-corrected chi connectivity index (χ1v) is 9.13. The number of benzene rings is 1. The van der Waals surface area contributed by atoms with Crippen molar-refractivity contribution in [3.63, 3.8) is 0 Å². The molecule has 0 unspecified atom stereocenters. The number of rotatable bonds is 2. The van der Waals surface area contributed by atoms with Crippen LogP contribution >= 0.6 is 0 Å². The number of aryl methyl sites for hydroxylation is 1. The van der Waals surface area contributed by atoms with Crippen LogP contribution in [0.4, 0.5) is 29.5 Å². The fourth-order valence-electron chi connectivity index (χ4n) is 3.18. The highest BCUT2D eigenvalue weighted by atomic mass is 19.4. The Kier molecular flexibility index (Phi) is 5.03. The van der Waals surface area contributed by atoms with Gasteiger partial charge in [-0.05, 0) is 42.8 Å². The molecule has 3 heterocycles. The second-order valence-corrected chi connectivity index (χ2v) is 6.72. The molecule has 0 saturated carbocycles. The molecule has 0 fully saturated rings. The highest BCUT2D eigenvalue weighted by Crippen LogP contribution is 2.37. The van der Waals surface area contributed by atoms with Gasteiger partial charge in [0.05, 0.1) is 17.8 Å². The number of amides is 2. The van der Waals surface area contributed by atoms with E-state index in [1.165, 1.54) is 11.0 Å². The van der Waals surface area contributed by atoms with Crippen LogP contribution in [-0.4, -0.2) is 29.2 Å². The monoisotopic (exact) mass is 414 g/mol. The quantitative estimate of drug-likeness (QED) is 0.648. The van der Waals surface area contributed by atoms with Gasteiger partial charge >= 0.3 is 12.2 Å². The number of carbonyl (C=O) groups excluding carboxylic acids is 1. The first-order chi connectivity index (χ1) is 14.3. The van der Waals surface area contributed by atoms with Crippen molar-refractivity contribution in [3.05, 3.63) is 66.0 Å². The number of hydrogen-bond acceptors (Lipinski definition) is 4. The van der Waals surface area contributed by atoms with Crippen LogP contribution in [0.25, 0.3) is 11.3 Å². The molecule has 2 amide bonds. The van der Waals surface area contributed by atoms with Crippen LogP contribution in [-0.2, 0) is 6.18 Å². The molecular weight excluding hydrogens is 397 g/mol. The largest absolute Gasteiger partial charge is 0.488 e. The molecule has 4 rings (SSSR count). The lowest BCUT2D eigenvalue weighted by molar-refractivity contribution is -0.137. The molecule has 6 nitrogen and oxygen atoms in total. The average Bonchev–Trinajstić information content (AvgIpc) is 2.73. The van der Waals surface area contributed by atoms with Gasteiger partial charge in [-0.15, -0.1) is 0 Å². The number of anilines is 2. The van der Waals surface area contributed by atoms with Crippen LogP contribution in [0.5, 0.6) is 5.75 Å². The zero-order valence-corrected chi connectivity index (χ0v) is 15.9. The highest BCUT2D eigenvalue weighted by Gasteiger charge is 2.31. The van der Waals surface area contributed by atoms with E-state index in [1.807, 2.05) is 0 Å². The second-order valence-electron chi connectivity index (χ2n) is 6.72. The van der Waals surface area contributed by atoms with E-state index >= 15 is 0 Å². The van der Waals surface area contributed by atoms with Gasteiger partial charge in [0.1, 0.15) is 6.61 Å². The Morgan fingerprint density at radius 1 is 1.17 bits per heavy atom. The molecule has 0 atom stereocenters. The minimum Gasteiger partial charge on any atom is -0.488 e. The predicted molar refractivity (Wildman–Crippen MR) is 106 cm³/mol. The maximum atomic E-state index is 13.1. The molecule has 3 aromatic rings. The number of pyridine rings is 2. The number of alkyl halides is 3. The summed E-state index contributed by atoms with van der Waals surface area (Å²) in [6, 6.07) is 9.46. The fraction of sp³-hybridized carbons (Fsp3) is 0.190. The van der Waals surface area contributed by atoms with Crippen molar-refractivity contribution in [2.45, 2.75) is 13.1 Å². The number of carbonyl (C=O) groups is 1. The first-order valence-electron chi connectivity index (χ1n) is 9.13. The zero-order valence-electron chi connectivity index (χ0n) is 15.9. The summed E-state index contributed by atoms with van der Waals surface area (Å²) >= 11 is 0. The zero-order chi connectivity index (χ0) is 21.3. The predicted octanol–water partition coefficient (Wildman–Crippen LogP) is 4.90. The lowest BCUT2D eigenvalue weighted by Crippen LogP contribution is -2.41. The Morgan fingerprint density at radius 2 is 1.93 bits per heavy atom. The second kappa shape index (κ2) is 7.66. The highest BCUT2D eigenvalue weighted by molar-refractivity contribution is 6.02. The van der Waals surface area contributed by atoms with E-state index in [9.17, 15) is 18.0 Å². The van der Waals surface area contributed by atoms with Crippen molar-refractivity contribution < 1.29 is 22.7 Å². The maximum absolute atomic E-state index is 13.1. The lowest BCUT2D eigenvalue weighted by Gasteiger charge is -2.30. The van der Waals surface area contributed by atoms with Crippen molar-refractivity contribution >= 4 is 17.5 Å². The van der Waals surface area contributed by atoms with Gasteiger partial charge in [0, 0.05) is 23.6 Å². The molecular formula is C21H17F3N4O2. The smallest absolute Gasteiger partial charge is 0.416 e. The van der Waals surface area contributed by atoms with Crippen molar-refractivity contribution in [1.29, 1.82) is 0 Å². The Balaban J connectivity index is 1.72. The number of fused-ring (bicyclic) bond motifs is 1. The number of urea groups is 1. The first kappa shape index (κ1) is 19.7. The van der Waals surface area contributed by atoms with E-state index in [4.69, 9.17) is 4.74 Å². The normalized spacial score (nSPS) is 13.4. The van der Waals surface area contributed by atoms with Crippen molar-refractivity contribution in [2.24, 2.45) is 0 Å². The number of aromatic nitrogens is 2. The summed E-state index contributed by atoms with van der Waals surface area (Å²) in [7, 11) is 0. The fourth-order valence-corrected chi connectivity index (χ4v) is 3.18. The molecule has 1 N–H and O–H groups in total. The van der Waals surface area contributed by atoms with Gasteiger partial charge in [0.25, 0.3) is 0 Å². The van der Waals surface area contributed by atoms with Crippen LogP contribution < -0.4 is 15.0 Å². The standard InChI is InChI=1S/C21H17F3N4O2/c1-13-11-17(14-3-2-4-15(12-14)21(22,23)24)27-19-18(13)30-10-9-28(19)20(29)26-16-5-7-25-8-6-16/h2-8,11-12H,9-10H2,1H3,(H,25,26,29). The van der Waals surface area contributed by atoms with Crippen molar-refractivity contribution in [1.82, 2.24) is 9.97 Å². The Labute approximate surface area is 170 Å². The van der Waals surface area contributed by atoms with Crippen LogP contribution in [0.1, 0.15) is 11.1 Å². The minimum atomic E-state index is -4.46. The summed E-state index contributed by atoms with van der Waals surface area (Å²) in [5, 5.41) is 2.76. The molecule has 0 radical (unpaired) electrons. The Hall–Kier alpha value is -3.62. The summed E-state index contributed by atoms with van der Waals surface area (Å²) in [4.78, 5) is 22.6. The molecule has 1 aliphatic rings. The van der Waals surface area contributed by atoms with Gasteiger partial charge in [-0.25, -0.2) is 9.78 Å². The summed E-state index contributed by atoms with van der Waals surface area (Å²) in [5.41, 5.74) is 1.10. The lowest BCUT2D eigenvalue weighted by atomic mass is 10.1. The Bertz CT molecular complexity index is 1090. The molecule has 2 aromatic heterocycles. The Morgan fingerprint density at radius 3 is 2.67 bits per heavy atom. The van der Waals surface area contributed by atoms with Gasteiger partial charge in [-0.1, -0.05) is 12.1 Å². The van der Waals surface area contributed by atoms with E-state index < -0.39 is 17.8 Å². The van der Waals surface area contributed by atoms with E-state index in [-0.39, 0.29) is 19.0 Å². The van der Waals surface area contributed by atoms with Gasteiger partial charge in [-0.2, -0.15) is 13.2 Å². The summed E-state index contributed by atoms with van der Waals surface area (Å²) in [5.74, 6) is 0.696. The van der Waals surface area contributed by atoms with E-state index in [0.717, 1.165) is 12.1 Å². The van der Waals surface area contributed by atoms with E-state index in [0.29, 0.717) is 28.3 Å². The molecule has 0 spiro atoms. The number of nitrogens with zero attached hydrogens (tertiary/aromatic N) is 3. The van der Waals surface area contributed by atoms with Gasteiger partial charge in [0.2, 0.25) is 0 Å². The number of nitrogens with one attached hydrogen (secondary N) is 1. The molecule has 154 valence electrons. The van der Waals surface area contributed by atoms with Crippen LogP contribution in [0.15, 0.2) is 54.9 Å². The number of halogens is 3. The molecule has 1 aromatic carbocycles. The van der Waals surface area contributed by atoms with Crippen molar-refractivity contribution in [2.75, 3.05) is 23.4 Å². The summed E-state index contributed by atoms with van der Waals surface area (Å²) in [6.45, 7) is 2.30. The minimum absolute atomic E-state index is 0.252. The van der Waals surface area contributed by atoms with E-state index in [1.54, 1.807) is 43.6 Å². The summed E-state index contributed by atoms with van der Waals surface area (Å²) in [6.07, 6.45) is -1.35. The van der Waals surface area contributed by atoms with Gasteiger partial charge in [-0.3, -0.25) is 9.88 Å². The molecule has 9 heteroatoms. The molecule has 0 saturated heterocycles. The molecule has 0 aliphatic carbocycles. The molecule has 0 bridgehead atoms. The summed E-state index contributed by atoms with van der Waals surface area (Å²) < 4.78 is 45.0. The van der Waals surface area contributed by atoms with Crippen LogP contribution in [0, 0.1) is 6.92 Å². The third-order valence-corrected chi connectivity index (χ3v) is 4.62. The molecule has 30 heavy (non-hydrogen) atoms. The average molecular weight is 414 g/mol. The van der Waals surface area contributed by atoms with Crippen LogP contribution in [0.2, 0.25) is 0 Å². The van der Waals surface area contributed by atoms with Crippen LogP contribution in [0.3, 0.4) is 0 Å². The SMILES string of the molecule is Cc1cc(-c2cccc(C(F)(F)F)c2)nc2c1OCCN2C(=O)Nc1ccncc1. The third-order valence-electron chi connectivity index (χ3n) is 4.62. The number of hydrogen-bond donors (Lipinski definition) is 1. The number of ether oxygens (including phenoxy) is 1. The maximum Gasteiger partial charge on any atom is 0.416 e. The topological polar surface area (TPSA) is 67.3 Å². The van der Waals surface area contributed by atoms with Gasteiger partial charge in [0.15, 0.2) is 11.6 Å².